The summed E-state index contributed by atoms with van der Waals surface area (Å²) in [5.74, 6) is 2.59. The number of anilines is 2. The first-order valence-corrected chi connectivity index (χ1v) is 8.08. The first-order valence-electron chi connectivity index (χ1n) is 8.08. The smallest absolute Gasteiger partial charge is 0.158 e. The Morgan fingerprint density at radius 1 is 1.19 bits per heavy atom. The SMILES string of the molecule is CCCNc1cc(N(C)C(CC)CC)nc(COCC)n1. The van der Waals surface area contributed by atoms with Crippen molar-refractivity contribution in [2.75, 3.05) is 30.4 Å². The van der Waals surface area contributed by atoms with E-state index in [0.717, 1.165) is 43.3 Å². The topological polar surface area (TPSA) is 50.3 Å². The molecule has 0 bridgehead atoms. The van der Waals surface area contributed by atoms with Crippen molar-refractivity contribution in [2.45, 2.75) is 59.6 Å². The third-order valence-corrected chi connectivity index (χ3v) is 3.60. The molecule has 0 spiro atoms. The highest BCUT2D eigenvalue weighted by molar-refractivity contribution is 5.49. The van der Waals surface area contributed by atoms with Crippen LogP contribution in [-0.4, -0.2) is 36.2 Å². The Hall–Kier alpha value is -1.36. The van der Waals surface area contributed by atoms with Crippen LogP contribution in [0.3, 0.4) is 0 Å². The maximum absolute atomic E-state index is 5.46. The van der Waals surface area contributed by atoms with E-state index in [2.05, 4.69) is 48.0 Å². The summed E-state index contributed by atoms with van der Waals surface area (Å²) < 4.78 is 5.46. The molecule has 0 saturated heterocycles. The molecular formula is C16H30N4O. The van der Waals surface area contributed by atoms with Crippen molar-refractivity contribution < 1.29 is 4.74 Å². The molecule has 1 heterocycles. The largest absolute Gasteiger partial charge is 0.374 e. The second-order valence-corrected chi connectivity index (χ2v) is 5.17. The Bertz CT molecular complexity index is 381. The number of ether oxygens (including phenoxy) is 1. The number of nitrogens with zero attached hydrogens (tertiary/aromatic N) is 3. The average molecular weight is 294 g/mol. The molecule has 1 aromatic heterocycles. The maximum Gasteiger partial charge on any atom is 0.158 e. The fourth-order valence-electron chi connectivity index (χ4n) is 2.29. The van der Waals surface area contributed by atoms with Crippen LogP contribution in [0.25, 0.3) is 0 Å². The summed E-state index contributed by atoms with van der Waals surface area (Å²) in [5, 5.41) is 3.35. The van der Waals surface area contributed by atoms with E-state index in [1.165, 1.54) is 0 Å². The number of hydrogen-bond acceptors (Lipinski definition) is 5. The highest BCUT2D eigenvalue weighted by Crippen LogP contribution is 2.20. The minimum Gasteiger partial charge on any atom is -0.374 e. The third-order valence-electron chi connectivity index (χ3n) is 3.60. The lowest BCUT2D eigenvalue weighted by molar-refractivity contribution is 0.128. The van der Waals surface area contributed by atoms with E-state index in [4.69, 9.17) is 4.74 Å². The van der Waals surface area contributed by atoms with E-state index in [1.807, 2.05) is 13.0 Å². The quantitative estimate of drug-likeness (QED) is 0.716. The maximum atomic E-state index is 5.46. The number of rotatable bonds is 10. The summed E-state index contributed by atoms with van der Waals surface area (Å²) in [6, 6.07) is 2.53. The zero-order valence-electron chi connectivity index (χ0n) is 14.1. The van der Waals surface area contributed by atoms with Crippen LogP contribution in [0.1, 0.15) is 52.8 Å². The van der Waals surface area contributed by atoms with E-state index in [0.29, 0.717) is 19.3 Å². The van der Waals surface area contributed by atoms with Crippen molar-refractivity contribution in [3.05, 3.63) is 11.9 Å². The van der Waals surface area contributed by atoms with E-state index in [9.17, 15) is 0 Å². The van der Waals surface area contributed by atoms with Crippen LogP contribution in [0.2, 0.25) is 0 Å². The van der Waals surface area contributed by atoms with Crippen molar-refractivity contribution in [1.29, 1.82) is 0 Å². The van der Waals surface area contributed by atoms with Gasteiger partial charge in [-0.2, -0.15) is 0 Å². The zero-order chi connectivity index (χ0) is 15.7. The van der Waals surface area contributed by atoms with Crippen LogP contribution >= 0.6 is 0 Å². The molecule has 1 N–H and O–H groups in total. The highest BCUT2D eigenvalue weighted by atomic mass is 16.5. The molecule has 0 radical (unpaired) electrons. The second-order valence-electron chi connectivity index (χ2n) is 5.17. The predicted octanol–water partition coefficient (Wildman–Crippen LogP) is 3.46. The van der Waals surface area contributed by atoms with E-state index >= 15 is 0 Å². The summed E-state index contributed by atoms with van der Waals surface area (Å²) in [7, 11) is 2.11. The molecule has 0 amide bonds. The molecule has 0 aromatic carbocycles. The third kappa shape index (κ3) is 5.50. The monoisotopic (exact) mass is 294 g/mol. The molecule has 1 aromatic rings. The van der Waals surface area contributed by atoms with Crippen molar-refractivity contribution in [3.8, 4) is 0 Å². The lowest BCUT2D eigenvalue weighted by atomic mass is 10.1. The Balaban J connectivity index is 2.98. The lowest BCUT2D eigenvalue weighted by Crippen LogP contribution is -2.31. The zero-order valence-corrected chi connectivity index (χ0v) is 14.1. The Morgan fingerprint density at radius 3 is 2.48 bits per heavy atom. The van der Waals surface area contributed by atoms with Crippen molar-refractivity contribution in [1.82, 2.24) is 9.97 Å². The molecular weight excluding hydrogens is 264 g/mol. The Kier molecular flexibility index (Phi) is 8.05. The van der Waals surface area contributed by atoms with E-state index < -0.39 is 0 Å². The van der Waals surface area contributed by atoms with Crippen LogP contribution in [-0.2, 0) is 11.3 Å². The second kappa shape index (κ2) is 9.55. The van der Waals surface area contributed by atoms with Crippen molar-refractivity contribution >= 4 is 11.6 Å². The van der Waals surface area contributed by atoms with Gasteiger partial charge in [-0.25, -0.2) is 9.97 Å². The van der Waals surface area contributed by atoms with Gasteiger partial charge in [0.1, 0.15) is 18.2 Å². The molecule has 0 aliphatic heterocycles. The molecule has 0 aliphatic rings. The van der Waals surface area contributed by atoms with Crippen molar-refractivity contribution in [2.24, 2.45) is 0 Å². The number of nitrogens with one attached hydrogen (secondary N) is 1. The molecule has 0 atom stereocenters. The first kappa shape index (κ1) is 17.7. The van der Waals surface area contributed by atoms with Gasteiger partial charge in [0.25, 0.3) is 0 Å². The van der Waals surface area contributed by atoms with Gasteiger partial charge < -0.3 is 15.0 Å². The van der Waals surface area contributed by atoms with Gasteiger partial charge in [0.2, 0.25) is 0 Å². The van der Waals surface area contributed by atoms with Gasteiger partial charge in [-0.05, 0) is 26.2 Å². The van der Waals surface area contributed by atoms with Crippen LogP contribution < -0.4 is 10.2 Å². The molecule has 1 rings (SSSR count). The molecule has 0 saturated carbocycles. The molecule has 0 aliphatic carbocycles. The van der Waals surface area contributed by atoms with E-state index in [-0.39, 0.29) is 0 Å². The molecule has 120 valence electrons. The number of hydrogen-bond donors (Lipinski definition) is 1. The van der Waals surface area contributed by atoms with Crippen LogP contribution in [0.15, 0.2) is 6.07 Å². The Labute approximate surface area is 129 Å². The minimum atomic E-state index is 0.460. The summed E-state index contributed by atoms with van der Waals surface area (Å²) in [4.78, 5) is 11.4. The fraction of sp³-hybridized carbons (Fsp3) is 0.750. The summed E-state index contributed by atoms with van der Waals surface area (Å²) in [5.41, 5.74) is 0. The number of aromatic nitrogens is 2. The van der Waals surface area contributed by atoms with Gasteiger partial charge in [0.05, 0.1) is 0 Å². The lowest BCUT2D eigenvalue weighted by Gasteiger charge is -2.28. The van der Waals surface area contributed by atoms with Gasteiger partial charge in [-0.15, -0.1) is 0 Å². The van der Waals surface area contributed by atoms with Crippen molar-refractivity contribution in [3.63, 3.8) is 0 Å². The van der Waals surface area contributed by atoms with Gasteiger partial charge >= 0.3 is 0 Å². The first-order chi connectivity index (χ1) is 10.2. The normalized spacial score (nSPS) is 11.0. The minimum absolute atomic E-state index is 0.460. The van der Waals surface area contributed by atoms with Gasteiger partial charge in [0.15, 0.2) is 5.82 Å². The molecule has 5 heteroatoms. The molecule has 0 unspecified atom stereocenters. The van der Waals surface area contributed by atoms with Crippen LogP contribution in [0.4, 0.5) is 11.6 Å². The Morgan fingerprint density at radius 2 is 1.90 bits per heavy atom. The average Bonchev–Trinajstić information content (AvgIpc) is 2.51. The summed E-state index contributed by atoms with van der Waals surface area (Å²) >= 11 is 0. The molecule has 5 nitrogen and oxygen atoms in total. The molecule has 0 fully saturated rings. The highest BCUT2D eigenvalue weighted by Gasteiger charge is 2.14. The summed E-state index contributed by atoms with van der Waals surface area (Å²) in [6.07, 6.45) is 3.29. The van der Waals surface area contributed by atoms with Gasteiger partial charge in [-0.1, -0.05) is 20.8 Å². The molecule has 21 heavy (non-hydrogen) atoms. The van der Waals surface area contributed by atoms with Gasteiger partial charge in [-0.3, -0.25) is 0 Å². The summed E-state index contributed by atoms with van der Waals surface area (Å²) in [6.45, 7) is 10.6. The van der Waals surface area contributed by atoms with Crippen LogP contribution in [0, 0.1) is 0 Å². The van der Waals surface area contributed by atoms with Crippen LogP contribution in [0.5, 0.6) is 0 Å². The van der Waals surface area contributed by atoms with E-state index in [1.54, 1.807) is 0 Å². The predicted molar refractivity (Wildman–Crippen MR) is 88.9 cm³/mol. The fourth-order valence-corrected chi connectivity index (χ4v) is 2.29. The van der Waals surface area contributed by atoms with Gasteiger partial charge in [0, 0.05) is 32.3 Å². The standard InChI is InChI=1S/C16H30N4O/c1-6-10-17-14-11-16(20(5)13(7-2)8-3)19-15(18-14)12-21-9-4/h11,13H,6-10,12H2,1-5H3,(H,17,18,19).